The van der Waals surface area contributed by atoms with Gasteiger partial charge in [0, 0.05) is 11.1 Å². The van der Waals surface area contributed by atoms with Gasteiger partial charge >= 0.3 is 0 Å². The van der Waals surface area contributed by atoms with Gasteiger partial charge in [0.2, 0.25) is 5.90 Å². The first-order valence-electron chi connectivity index (χ1n) is 7.63. The molecule has 1 unspecified atom stereocenters. The van der Waals surface area contributed by atoms with E-state index < -0.39 is 5.60 Å². The van der Waals surface area contributed by atoms with Gasteiger partial charge in [-0.15, -0.1) is 0 Å². The highest BCUT2D eigenvalue weighted by molar-refractivity contribution is 5.97. The summed E-state index contributed by atoms with van der Waals surface area (Å²) in [6, 6.07) is 18.1. The third-order valence-electron chi connectivity index (χ3n) is 3.73. The van der Waals surface area contributed by atoms with E-state index in [4.69, 9.17) is 9.47 Å². The molecule has 3 nitrogen and oxygen atoms in total. The summed E-state index contributed by atoms with van der Waals surface area (Å²) in [7, 11) is 0. The summed E-state index contributed by atoms with van der Waals surface area (Å²) in [5.74, 6) is 0.647. The minimum absolute atomic E-state index is 0.159. The van der Waals surface area contributed by atoms with Crippen LogP contribution in [-0.2, 0) is 15.1 Å². The molecule has 2 aromatic rings. The number of rotatable bonds is 4. The van der Waals surface area contributed by atoms with Crippen LogP contribution < -0.4 is 0 Å². The van der Waals surface area contributed by atoms with E-state index in [1.807, 2.05) is 62.4 Å². The van der Waals surface area contributed by atoms with E-state index in [0.29, 0.717) is 12.5 Å². The Morgan fingerprint density at radius 1 is 1.05 bits per heavy atom. The van der Waals surface area contributed by atoms with Gasteiger partial charge in [-0.25, -0.2) is 4.99 Å². The number of nitrogens with zero attached hydrogens (tertiary/aromatic N) is 1. The molecule has 0 spiro atoms. The smallest absolute Gasteiger partial charge is 0.222 e. The summed E-state index contributed by atoms with van der Waals surface area (Å²) < 4.78 is 12.1. The molecular weight excluding hydrogens is 274 g/mol. The molecule has 1 aliphatic rings. The van der Waals surface area contributed by atoms with E-state index in [9.17, 15) is 0 Å². The van der Waals surface area contributed by atoms with Crippen LogP contribution in [0, 0.1) is 0 Å². The second-order valence-electron chi connectivity index (χ2n) is 5.99. The molecule has 22 heavy (non-hydrogen) atoms. The lowest BCUT2D eigenvalue weighted by Crippen LogP contribution is -2.37. The van der Waals surface area contributed by atoms with Crippen molar-refractivity contribution in [3.8, 4) is 0 Å². The molecule has 0 N–H and O–H groups in total. The van der Waals surface area contributed by atoms with E-state index >= 15 is 0 Å². The normalized spacial score (nSPS) is 20.3. The molecular formula is C19H21NO2. The van der Waals surface area contributed by atoms with Crippen molar-refractivity contribution in [2.24, 2.45) is 4.99 Å². The molecule has 0 aliphatic carbocycles. The second kappa shape index (κ2) is 5.93. The molecule has 0 fully saturated rings. The molecule has 1 atom stereocenters. The molecule has 1 aliphatic heterocycles. The average Bonchev–Trinajstić information content (AvgIpc) is 2.54. The van der Waals surface area contributed by atoms with E-state index in [0.717, 1.165) is 16.8 Å². The van der Waals surface area contributed by atoms with Gasteiger partial charge in [0.15, 0.2) is 5.60 Å². The van der Waals surface area contributed by atoms with Gasteiger partial charge in [-0.2, -0.15) is 0 Å². The van der Waals surface area contributed by atoms with Gasteiger partial charge in [0.1, 0.15) is 0 Å². The van der Waals surface area contributed by atoms with Crippen molar-refractivity contribution in [1.82, 2.24) is 0 Å². The predicted molar refractivity (Wildman–Crippen MR) is 88.6 cm³/mol. The number of para-hydroxylation sites is 1. The van der Waals surface area contributed by atoms with E-state index in [1.165, 1.54) is 0 Å². The minimum atomic E-state index is -0.534. The van der Waals surface area contributed by atoms with Crippen LogP contribution in [0.15, 0.2) is 59.6 Å². The maximum absolute atomic E-state index is 6.26. The van der Waals surface area contributed by atoms with Gasteiger partial charge in [0.05, 0.1) is 18.4 Å². The van der Waals surface area contributed by atoms with E-state index in [-0.39, 0.29) is 6.10 Å². The fourth-order valence-electron chi connectivity index (χ4n) is 2.56. The molecule has 1 heterocycles. The largest absolute Gasteiger partial charge is 0.463 e. The van der Waals surface area contributed by atoms with Gasteiger partial charge in [-0.3, -0.25) is 0 Å². The number of ether oxygens (including phenoxy) is 2. The van der Waals surface area contributed by atoms with Gasteiger partial charge < -0.3 is 9.47 Å². The maximum Gasteiger partial charge on any atom is 0.222 e. The van der Waals surface area contributed by atoms with E-state index in [2.05, 4.69) is 18.0 Å². The molecule has 0 radical (unpaired) electrons. The Kier molecular flexibility index (Phi) is 3.99. The lowest BCUT2D eigenvalue weighted by Gasteiger charge is -2.36. The van der Waals surface area contributed by atoms with Crippen molar-refractivity contribution >= 4 is 11.6 Å². The van der Waals surface area contributed by atoms with Crippen LogP contribution in [0.5, 0.6) is 0 Å². The number of fused-ring (bicyclic) bond motifs is 1. The monoisotopic (exact) mass is 295 g/mol. The zero-order valence-electron chi connectivity index (χ0n) is 13.2. The van der Waals surface area contributed by atoms with Crippen LogP contribution >= 0.6 is 0 Å². The first-order valence-corrected chi connectivity index (χ1v) is 7.63. The fourth-order valence-corrected chi connectivity index (χ4v) is 2.56. The van der Waals surface area contributed by atoms with Crippen molar-refractivity contribution in [2.75, 3.05) is 6.61 Å². The van der Waals surface area contributed by atoms with Crippen LogP contribution in [0.4, 0.5) is 5.69 Å². The zero-order valence-corrected chi connectivity index (χ0v) is 13.2. The number of aliphatic imine (C=N–C) groups is 1. The molecule has 0 amide bonds. The SMILES string of the molecule is CC(C)OCC1(C)OC(c2ccccc2)=Nc2ccccc21. The maximum atomic E-state index is 6.26. The first kappa shape index (κ1) is 14.8. The molecule has 0 saturated carbocycles. The Bertz CT molecular complexity index is 679. The Morgan fingerprint density at radius 3 is 2.45 bits per heavy atom. The zero-order chi connectivity index (χ0) is 15.6. The summed E-state index contributed by atoms with van der Waals surface area (Å²) in [4.78, 5) is 4.68. The van der Waals surface area contributed by atoms with Crippen molar-refractivity contribution in [3.05, 3.63) is 65.7 Å². The standard InChI is InChI=1S/C19H21NO2/c1-14(2)21-13-19(3)16-11-7-8-12-17(16)20-18(22-19)15-9-5-4-6-10-15/h4-12,14H,13H2,1-3H3. The Morgan fingerprint density at radius 2 is 1.73 bits per heavy atom. The highest BCUT2D eigenvalue weighted by Crippen LogP contribution is 2.38. The summed E-state index contributed by atoms with van der Waals surface area (Å²) in [5.41, 5.74) is 2.46. The quantitative estimate of drug-likeness (QED) is 0.835. The van der Waals surface area contributed by atoms with Crippen LogP contribution in [0.1, 0.15) is 31.9 Å². The number of hydrogen-bond acceptors (Lipinski definition) is 3. The highest BCUT2D eigenvalue weighted by atomic mass is 16.6. The Labute approximate surface area is 131 Å². The minimum Gasteiger partial charge on any atom is -0.463 e. The molecule has 0 aromatic heterocycles. The van der Waals surface area contributed by atoms with Crippen molar-refractivity contribution < 1.29 is 9.47 Å². The van der Waals surface area contributed by atoms with Crippen molar-refractivity contribution in [1.29, 1.82) is 0 Å². The third-order valence-corrected chi connectivity index (χ3v) is 3.73. The molecule has 3 rings (SSSR count). The first-order chi connectivity index (χ1) is 10.6. The van der Waals surface area contributed by atoms with Crippen LogP contribution in [0.2, 0.25) is 0 Å². The topological polar surface area (TPSA) is 30.8 Å². The lowest BCUT2D eigenvalue weighted by molar-refractivity contribution is -0.0496. The predicted octanol–water partition coefficient (Wildman–Crippen LogP) is 4.44. The summed E-state index contributed by atoms with van der Waals surface area (Å²) >= 11 is 0. The Hall–Kier alpha value is -2.13. The molecule has 3 heteroatoms. The summed E-state index contributed by atoms with van der Waals surface area (Å²) in [6.45, 7) is 6.62. The summed E-state index contributed by atoms with van der Waals surface area (Å²) in [5, 5.41) is 0. The van der Waals surface area contributed by atoms with Crippen LogP contribution in [0.3, 0.4) is 0 Å². The Balaban J connectivity index is 2.01. The third kappa shape index (κ3) is 2.90. The van der Waals surface area contributed by atoms with Crippen LogP contribution in [0.25, 0.3) is 0 Å². The molecule has 114 valence electrons. The second-order valence-corrected chi connectivity index (χ2v) is 5.99. The lowest BCUT2D eigenvalue weighted by atomic mass is 9.93. The summed E-state index contributed by atoms with van der Waals surface area (Å²) in [6.07, 6.45) is 0.159. The highest BCUT2D eigenvalue weighted by Gasteiger charge is 2.36. The molecule has 0 saturated heterocycles. The van der Waals surface area contributed by atoms with Gasteiger partial charge in [-0.05, 0) is 39.0 Å². The fraction of sp³-hybridized carbons (Fsp3) is 0.316. The van der Waals surface area contributed by atoms with Crippen molar-refractivity contribution in [2.45, 2.75) is 32.5 Å². The average molecular weight is 295 g/mol. The van der Waals surface area contributed by atoms with Gasteiger partial charge in [0.25, 0.3) is 0 Å². The molecule has 0 bridgehead atoms. The van der Waals surface area contributed by atoms with Crippen LogP contribution in [-0.4, -0.2) is 18.6 Å². The number of benzene rings is 2. The van der Waals surface area contributed by atoms with E-state index in [1.54, 1.807) is 0 Å². The number of hydrogen-bond donors (Lipinski definition) is 0. The van der Waals surface area contributed by atoms with Crippen molar-refractivity contribution in [3.63, 3.8) is 0 Å². The molecule has 2 aromatic carbocycles. The van der Waals surface area contributed by atoms with Gasteiger partial charge in [-0.1, -0.05) is 36.4 Å².